The number of guanidine groups is 1. The molecular formula is C58H90N16O14. The molecule has 486 valence electrons. The highest BCUT2D eigenvalue weighted by molar-refractivity contribution is 5.98. The van der Waals surface area contributed by atoms with Crippen molar-refractivity contribution in [2.45, 2.75) is 126 Å². The van der Waals surface area contributed by atoms with Crippen LogP contribution in [0.2, 0.25) is 0 Å². The van der Waals surface area contributed by atoms with Crippen molar-refractivity contribution < 1.29 is 66.9 Å². The molecule has 0 spiro atoms. The Morgan fingerprint density at radius 1 is 0.670 bits per heavy atom. The van der Waals surface area contributed by atoms with E-state index in [1.54, 1.807) is 36.5 Å². The Labute approximate surface area is 511 Å². The van der Waals surface area contributed by atoms with Gasteiger partial charge in [-0.15, -0.1) is 0 Å². The molecule has 1 aromatic heterocycles. The number of rotatable bonds is 31. The van der Waals surface area contributed by atoms with Crippen LogP contribution in [0.15, 0.2) is 65.8 Å². The molecule has 1 fully saturated rings. The number of aliphatic imine (C=N–C) groups is 1. The van der Waals surface area contributed by atoms with E-state index < -0.39 is 109 Å². The van der Waals surface area contributed by atoms with Crippen LogP contribution in [0.5, 0.6) is 0 Å². The third-order valence-electron chi connectivity index (χ3n) is 13.8. The average Bonchev–Trinajstić information content (AvgIpc) is 4.00. The number of amides is 10. The summed E-state index contributed by atoms with van der Waals surface area (Å²) in [6.45, 7) is 2.66. The zero-order valence-corrected chi connectivity index (χ0v) is 50.0. The highest BCUT2D eigenvalue weighted by Gasteiger charge is 2.35. The maximum atomic E-state index is 14.6. The zero-order chi connectivity index (χ0) is 64.1. The molecule has 0 bridgehead atoms. The van der Waals surface area contributed by atoms with Gasteiger partial charge in [-0.1, -0.05) is 68.3 Å². The Morgan fingerprint density at radius 3 is 1.99 bits per heavy atom. The molecule has 1 aliphatic heterocycles. The molecule has 0 unspecified atom stereocenters. The fourth-order valence-electron chi connectivity index (χ4n) is 9.13. The van der Waals surface area contributed by atoms with E-state index in [4.69, 9.17) is 47.6 Å². The second-order valence-electron chi connectivity index (χ2n) is 20.8. The molecule has 2 aromatic carbocycles. The fourth-order valence-corrected chi connectivity index (χ4v) is 9.13. The highest BCUT2D eigenvalue weighted by atomic mass is 16.5. The lowest BCUT2D eigenvalue weighted by molar-refractivity contribution is -0.136. The number of unbranched alkanes of at least 4 members (excludes halogenated alkanes) is 1. The number of nitrogens with zero attached hydrogens (tertiary/aromatic N) is 1. The summed E-state index contributed by atoms with van der Waals surface area (Å²) in [5.74, 6) is -7.64. The van der Waals surface area contributed by atoms with E-state index in [1.165, 1.54) is 0 Å². The average molecular weight is 1240 g/mol. The molecule has 20 N–H and O–H groups in total. The van der Waals surface area contributed by atoms with Gasteiger partial charge in [0.05, 0.1) is 39.6 Å². The maximum absolute atomic E-state index is 14.6. The lowest BCUT2D eigenvalue weighted by atomic mass is 10.0. The Hall–Kier alpha value is -8.29. The van der Waals surface area contributed by atoms with Crippen LogP contribution in [0, 0.1) is 0 Å². The molecule has 1 aliphatic rings. The summed E-state index contributed by atoms with van der Waals surface area (Å²) < 4.78 is 21.3. The number of primary amides is 1. The van der Waals surface area contributed by atoms with E-state index in [1.807, 2.05) is 31.2 Å². The van der Waals surface area contributed by atoms with Crippen LogP contribution in [-0.2, 0) is 79.7 Å². The van der Waals surface area contributed by atoms with Gasteiger partial charge in [0.15, 0.2) is 5.96 Å². The minimum absolute atomic E-state index is 0.00338. The minimum Gasteiger partial charge on any atom is -0.378 e. The molecular weight excluding hydrogens is 1140 g/mol. The number of carbonyl (C=O) groups excluding carboxylic acids is 10. The number of hydrogen-bond acceptors (Lipinski definition) is 17. The molecule has 88 heavy (non-hydrogen) atoms. The molecule has 30 heteroatoms. The summed E-state index contributed by atoms with van der Waals surface area (Å²) in [6, 6.07) is 6.37. The number of fused-ring (bicyclic) bond motifs is 1. The predicted molar refractivity (Wildman–Crippen MR) is 325 cm³/mol. The largest absolute Gasteiger partial charge is 0.378 e. The molecule has 0 aliphatic carbocycles. The Morgan fingerprint density at radius 2 is 1.30 bits per heavy atom. The van der Waals surface area contributed by atoms with E-state index in [9.17, 15) is 47.9 Å². The summed E-state index contributed by atoms with van der Waals surface area (Å²) in [6.07, 6.45) is 2.84. The van der Waals surface area contributed by atoms with Crippen molar-refractivity contribution in [2.24, 2.45) is 33.7 Å². The van der Waals surface area contributed by atoms with Gasteiger partial charge in [-0.05, 0) is 62.1 Å². The van der Waals surface area contributed by atoms with Crippen molar-refractivity contribution in [2.75, 3.05) is 85.6 Å². The molecule has 1 saturated heterocycles. The predicted octanol–water partition coefficient (Wildman–Crippen LogP) is -3.74. The molecule has 4 rings (SSSR count). The van der Waals surface area contributed by atoms with Crippen molar-refractivity contribution in [3.8, 4) is 0 Å². The van der Waals surface area contributed by atoms with Crippen LogP contribution in [0.3, 0.4) is 0 Å². The van der Waals surface area contributed by atoms with Gasteiger partial charge in [-0.25, -0.2) is 0 Å². The fraction of sp³-hybridized carbons (Fsp3) is 0.569. The van der Waals surface area contributed by atoms with E-state index in [2.05, 4.69) is 57.8 Å². The van der Waals surface area contributed by atoms with Gasteiger partial charge in [0.25, 0.3) is 0 Å². The first kappa shape index (κ1) is 72.2. The van der Waals surface area contributed by atoms with Crippen LogP contribution in [0.4, 0.5) is 0 Å². The first-order valence-corrected chi connectivity index (χ1v) is 29.7. The number of carbonyl (C=O) groups is 10. The summed E-state index contributed by atoms with van der Waals surface area (Å²) in [5.41, 5.74) is 30.5. The number of nitrogens with two attached hydrogens (primary N) is 5. The third kappa shape index (κ3) is 27.6. The Balaban J connectivity index is 1.55. The van der Waals surface area contributed by atoms with Gasteiger partial charge in [0.2, 0.25) is 59.1 Å². The second kappa shape index (κ2) is 41.0. The van der Waals surface area contributed by atoms with Gasteiger partial charge < -0.3 is 100 Å². The number of nitrogens with one attached hydrogen (secondary N) is 10. The third-order valence-corrected chi connectivity index (χ3v) is 13.8. The van der Waals surface area contributed by atoms with Crippen LogP contribution >= 0.6 is 0 Å². The molecule has 10 amide bonds. The van der Waals surface area contributed by atoms with Gasteiger partial charge >= 0.3 is 0 Å². The van der Waals surface area contributed by atoms with Crippen LogP contribution in [0.25, 0.3) is 10.9 Å². The molecule has 30 nitrogen and oxygen atoms in total. The lowest BCUT2D eigenvalue weighted by Crippen LogP contribution is -2.61. The van der Waals surface area contributed by atoms with Crippen LogP contribution < -0.4 is 76.5 Å². The molecule has 2 heterocycles. The van der Waals surface area contributed by atoms with E-state index in [0.29, 0.717) is 50.1 Å². The van der Waals surface area contributed by atoms with Crippen LogP contribution in [-0.4, -0.2) is 198 Å². The maximum Gasteiger partial charge on any atom is 0.246 e. The zero-order valence-electron chi connectivity index (χ0n) is 50.0. The van der Waals surface area contributed by atoms with Crippen molar-refractivity contribution >= 4 is 75.9 Å². The normalized spacial score (nSPS) is 19.9. The lowest BCUT2D eigenvalue weighted by Gasteiger charge is -2.28. The van der Waals surface area contributed by atoms with E-state index >= 15 is 0 Å². The quantitative estimate of drug-likeness (QED) is 0.0167. The topological polar surface area (TPSA) is 474 Å². The summed E-state index contributed by atoms with van der Waals surface area (Å²) in [7, 11) is 0. The number of para-hydroxylation sites is 1. The number of aromatic nitrogens is 1. The van der Waals surface area contributed by atoms with Gasteiger partial charge in [-0.3, -0.25) is 52.9 Å². The van der Waals surface area contributed by atoms with E-state index in [-0.39, 0.29) is 122 Å². The second-order valence-corrected chi connectivity index (χ2v) is 20.8. The molecule has 0 radical (unpaired) electrons. The molecule has 0 saturated carbocycles. The SMILES string of the molecule is CCCC[C@H](NC(=O)COCCOCCNC(=O)COCCOCCN)C(=O)N[C@H]1CCC(=O)NCCCC[C@@H](C(N)=O)NC(=O)[C@H](Cc2c[nH]c3ccccc23)NC(=O)[C@H](CCCN=C(N)N)NC(=O)[C@@H](Cc2ccccc2)NC(=O)[C@H](CN)NC1=O. The number of hydrogen-bond donors (Lipinski definition) is 15. The minimum atomic E-state index is -1.53. The summed E-state index contributed by atoms with van der Waals surface area (Å²) in [5, 5.41) is 24.9. The monoisotopic (exact) mass is 1230 g/mol. The highest BCUT2D eigenvalue weighted by Crippen LogP contribution is 2.20. The number of H-pyrrole nitrogens is 1. The first-order valence-electron chi connectivity index (χ1n) is 29.7. The van der Waals surface area contributed by atoms with Crippen LogP contribution in [0.1, 0.15) is 82.3 Å². The van der Waals surface area contributed by atoms with Crippen molar-refractivity contribution in [1.29, 1.82) is 0 Å². The Kier molecular flexibility index (Phi) is 33.6. The van der Waals surface area contributed by atoms with E-state index in [0.717, 1.165) is 10.9 Å². The van der Waals surface area contributed by atoms with Crippen molar-refractivity contribution in [3.05, 3.63) is 71.9 Å². The standard InChI is InChI=1S/C58H90N16O14/c1-2-3-15-42(68-50(77)36-88-30-28-86-26-24-65-49(76)35-87-29-27-85-25-21-59)52(79)71-44-19-20-48(75)64-22-10-9-17-41(51(61)78)69-56(83)46(32-38-34-67-40-16-8-7-14-39(38)40)73-53(80)43(18-11-23-66-58(62)63)70-55(82)45(31-37-12-5-4-6-13-37)72-57(84)47(33-60)74-54(44)81/h4-8,12-14,16,34,41-47,67H,2-3,9-11,15,17-33,35-36,59-60H2,1H3,(H2,61,78)(H,64,75)(H,65,76)(H,68,77)(H,69,83)(H,70,82)(H,71,79)(H,72,84)(H,73,80)(H,74,81)(H4,62,63,66)/t41-,42-,43-,44-,45+,46-,47-/m0/s1. The van der Waals surface area contributed by atoms with Gasteiger partial charge in [0, 0.05) is 69.1 Å². The first-order chi connectivity index (χ1) is 42.4. The van der Waals surface area contributed by atoms with Gasteiger partial charge in [0.1, 0.15) is 55.5 Å². The van der Waals surface area contributed by atoms with Gasteiger partial charge in [-0.2, -0.15) is 0 Å². The smallest absolute Gasteiger partial charge is 0.246 e. The van der Waals surface area contributed by atoms with Crippen molar-refractivity contribution in [1.82, 2.24) is 52.8 Å². The Bertz CT molecular complexity index is 2730. The molecule has 7 atom stereocenters. The number of benzene rings is 2. The van der Waals surface area contributed by atoms with Crippen molar-refractivity contribution in [3.63, 3.8) is 0 Å². The summed E-state index contributed by atoms with van der Waals surface area (Å²) in [4.78, 5) is 145. The molecule has 3 aromatic rings. The summed E-state index contributed by atoms with van der Waals surface area (Å²) >= 11 is 0. The number of ether oxygens (including phenoxy) is 4. The number of aromatic amines is 1.